The van der Waals surface area contributed by atoms with Crippen molar-refractivity contribution in [2.45, 2.75) is 18.7 Å². The van der Waals surface area contributed by atoms with Crippen molar-refractivity contribution in [1.82, 2.24) is 5.01 Å². The first-order chi connectivity index (χ1) is 16.3. The third-order valence-electron chi connectivity index (χ3n) is 6.49. The van der Waals surface area contributed by atoms with Gasteiger partial charge in [0, 0.05) is 23.1 Å². The number of nitrogens with zero attached hydrogens (tertiary/aromatic N) is 2. The Morgan fingerprint density at radius 1 is 0.848 bits per heavy atom. The molecule has 0 amide bonds. The smallest absolute Gasteiger partial charge is 0.214 e. The standard InChI is InChI=1S/C28H24N2O3/c1-31-26-15-14-19(16-27(26)32-2)28-30-24(22-11-5-6-13-25(22)33-28)17-23(29-30)21-12-7-9-18-8-3-4-10-20(18)21/h3-16,24,28H,17H2,1-2H3/t24-,28+/m0/s1. The van der Waals surface area contributed by atoms with Crippen molar-refractivity contribution < 1.29 is 14.2 Å². The number of fused-ring (bicyclic) bond motifs is 4. The minimum Gasteiger partial charge on any atom is -0.493 e. The number of hydrazone groups is 1. The van der Waals surface area contributed by atoms with Crippen LogP contribution in [0.3, 0.4) is 0 Å². The molecule has 2 atom stereocenters. The monoisotopic (exact) mass is 436 g/mol. The Kier molecular flexibility index (Phi) is 4.68. The van der Waals surface area contributed by atoms with Crippen LogP contribution in [0.2, 0.25) is 0 Å². The molecule has 2 aliphatic heterocycles. The number of para-hydroxylation sites is 1. The first-order valence-electron chi connectivity index (χ1n) is 11.1. The summed E-state index contributed by atoms with van der Waals surface area (Å²) in [6, 6.07) is 29.1. The van der Waals surface area contributed by atoms with Crippen LogP contribution in [0.1, 0.15) is 35.4 Å². The molecule has 2 aliphatic rings. The van der Waals surface area contributed by atoms with Gasteiger partial charge in [0.2, 0.25) is 6.23 Å². The zero-order valence-electron chi connectivity index (χ0n) is 18.6. The highest BCUT2D eigenvalue weighted by Gasteiger charge is 2.41. The van der Waals surface area contributed by atoms with Gasteiger partial charge >= 0.3 is 0 Å². The molecule has 0 saturated carbocycles. The van der Waals surface area contributed by atoms with E-state index in [1.54, 1.807) is 14.2 Å². The molecule has 5 heteroatoms. The van der Waals surface area contributed by atoms with Gasteiger partial charge in [-0.1, -0.05) is 60.7 Å². The van der Waals surface area contributed by atoms with Crippen molar-refractivity contribution in [1.29, 1.82) is 0 Å². The molecule has 6 rings (SSSR count). The van der Waals surface area contributed by atoms with Crippen molar-refractivity contribution in [2.75, 3.05) is 14.2 Å². The van der Waals surface area contributed by atoms with Crippen LogP contribution < -0.4 is 14.2 Å². The van der Waals surface area contributed by atoms with E-state index >= 15 is 0 Å². The van der Waals surface area contributed by atoms with Gasteiger partial charge in [0.25, 0.3) is 0 Å². The van der Waals surface area contributed by atoms with Gasteiger partial charge in [-0.25, -0.2) is 5.01 Å². The van der Waals surface area contributed by atoms with E-state index in [9.17, 15) is 0 Å². The van der Waals surface area contributed by atoms with E-state index < -0.39 is 0 Å². The summed E-state index contributed by atoms with van der Waals surface area (Å²) in [5.74, 6) is 2.26. The minimum absolute atomic E-state index is 0.0991. The van der Waals surface area contributed by atoms with E-state index in [1.165, 1.54) is 16.3 Å². The van der Waals surface area contributed by atoms with Crippen molar-refractivity contribution in [3.63, 3.8) is 0 Å². The van der Waals surface area contributed by atoms with Crippen LogP contribution in [0.25, 0.3) is 10.8 Å². The zero-order valence-corrected chi connectivity index (χ0v) is 18.6. The van der Waals surface area contributed by atoms with Crippen molar-refractivity contribution in [2.24, 2.45) is 5.10 Å². The maximum Gasteiger partial charge on any atom is 0.214 e. The van der Waals surface area contributed by atoms with E-state index in [4.69, 9.17) is 19.3 Å². The van der Waals surface area contributed by atoms with Crippen molar-refractivity contribution in [3.8, 4) is 17.2 Å². The summed E-state index contributed by atoms with van der Waals surface area (Å²) in [4.78, 5) is 0. The largest absolute Gasteiger partial charge is 0.493 e. The molecule has 0 N–H and O–H groups in total. The van der Waals surface area contributed by atoms with Gasteiger partial charge < -0.3 is 14.2 Å². The number of hydrogen-bond acceptors (Lipinski definition) is 5. The lowest BCUT2D eigenvalue weighted by Crippen LogP contribution is -2.33. The molecular weight excluding hydrogens is 412 g/mol. The Hall–Kier alpha value is -3.99. The van der Waals surface area contributed by atoms with Gasteiger partial charge in [0.15, 0.2) is 11.5 Å². The fourth-order valence-electron chi connectivity index (χ4n) is 4.90. The van der Waals surface area contributed by atoms with Gasteiger partial charge in [0.05, 0.1) is 26.0 Å². The van der Waals surface area contributed by atoms with E-state index in [0.717, 1.165) is 29.0 Å². The molecule has 164 valence electrons. The van der Waals surface area contributed by atoms with Crippen LogP contribution in [-0.2, 0) is 0 Å². The quantitative estimate of drug-likeness (QED) is 0.388. The van der Waals surface area contributed by atoms with Crippen LogP contribution in [0, 0.1) is 0 Å². The van der Waals surface area contributed by atoms with Gasteiger partial charge in [-0.2, -0.15) is 5.10 Å². The first-order valence-corrected chi connectivity index (χ1v) is 11.1. The third-order valence-corrected chi connectivity index (χ3v) is 6.49. The fourth-order valence-corrected chi connectivity index (χ4v) is 4.90. The Labute approximate surface area is 192 Å². The molecule has 33 heavy (non-hydrogen) atoms. The lowest BCUT2D eigenvalue weighted by Gasteiger charge is -2.38. The summed E-state index contributed by atoms with van der Waals surface area (Å²) in [6.07, 6.45) is 0.454. The predicted octanol–water partition coefficient (Wildman–Crippen LogP) is 6.10. The Morgan fingerprint density at radius 2 is 1.64 bits per heavy atom. The fraction of sp³-hybridized carbons (Fsp3) is 0.179. The average Bonchev–Trinajstić information content (AvgIpc) is 3.33. The van der Waals surface area contributed by atoms with Gasteiger partial charge in [-0.3, -0.25) is 0 Å². The summed E-state index contributed by atoms with van der Waals surface area (Å²) in [5, 5.41) is 9.67. The minimum atomic E-state index is -0.364. The van der Waals surface area contributed by atoms with Crippen molar-refractivity contribution in [3.05, 3.63) is 102 Å². The van der Waals surface area contributed by atoms with E-state index in [-0.39, 0.29) is 12.3 Å². The Morgan fingerprint density at radius 3 is 2.52 bits per heavy atom. The molecule has 4 aromatic rings. The average molecular weight is 437 g/mol. The van der Waals surface area contributed by atoms with E-state index in [0.29, 0.717) is 11.5 Å². The maximum absolute atomic E-state index is 6.50. The molecule has 5 nitrogen and oxygen atoms in total. The third kappa shape index (κ3) is 3.20. The second-order valence-corrected chi connectivity index (χ2v) is 8.30. The highest BCUT2D eigenvalue weighted by atomic mass is 16.5. The summed E-state index contributed by atoms with van der Waals surface area (Å²) in [5.41, 5.74) is 4.37. The molecule has 0 aliphatic carbocycles. The lowest BCUT2D eigenvalue weighted by molar-refractivity contribution is -0.0191. The molecule has 0 fully saturated rings. The normalized spacial score (nSPS) is 18.8. The number of benzene rings is 4. The molecule has 0 spiro atoms. The Bertz CT molecular complexity index is 1380. The molecule has 2 heterocycles. The molecule has 0 radical (unpaired) electrons. The summed E-state index contributed by atoms with van der Waals surface area (Å²) < 4.78 is 17.5. The molecule has 0 aromatic heterocycles. The van der Waals surface area contributed by atoms with Gasteiger partial charge in [-0.15, -0.1) is 0 Å². The van der Waals surface area contributed by atoms with Crippen LogP contribution in [0.4, 0.5) is 0 Å². The van der Waals surface area contributed by atoms with E-state index in [1.807, 2.05) is 30.3 Å². The van der Waals surface area contributed by atoms with Crippen LogP contribution in [0.15, 0.2) is 90.0 Å². The van der Waals surface area contributed by atoms with Gasteiger partial charge in [0.1, 0.15) is 5.75 Å². The lowest BCUT2D eigenvalue weighted by atomic mass is 9.93. The number of hydrogen-bond donors (Lipinski definition) is 0. The topological polar surface area (TPSA) is 43.3 Å². The molecule has 0 unspecified atom stereocenters. The number of ether oxygens (including phenoxy) is 3. The predicted molar refractivity (Wildman–Crippen MR) is 129 cm³/mol. The molecular formula is C28H24N2O3. The van der Waals surface area contributed by atoms with Crippen LogP contribution in [-0.4, -0.2) is 24.9 Å². The molecule has 0 bridgehead atoms. The SMILES string of the molecule is COc1ccc([C@H]2Oc3ccccc3[C@@H]3CC(c4cccc5ccccc45)=NN23)cc1OC. The zero-order chi connectivity index (χ0) is 22.4. The first kappa shape index (κ1) is 19.7. The highest BCUT2D eigenvalue weighted by Crippen LogP contribution is 2.48. The molecule has 0 saturated heterocycles. The summed E-state index contributed by atoms with van der Waals surface area (Å²) in [7, 11) is 3.29. The van der Waals surface area contributed by atoms with Crippen molar-refractivity contribution >= 4 is 16.5 Å². The van der Waals surface area contributed by atoms with Crippen LogP contribution >= 0.6 is 0 Å². The van der Waals surface area contributed by atoms with E-state index in [2.05, 4.69) is 59.6 Å². The van der Waals surface area contributed by atoms with Gasteiger partial charge in [-0.05, 0) is 35.0 Å². The summed E-state index contributed by atoms with van der Waals surface area (Å²) >= 11 is 0. The number of methoxy groups -OCH3 is 2. The molecule has 4 aromatic carbocycles. The van der Waals surface area contributed by atoms with Crippen LogP contribution in [0.5, 0.6) is 17.2 Å². The number of rotatable bonds is 4. The Balaban J connectivity index is 1.48. The maximum atomic E-state index is 6.50. The summed E-state index contributed by atoms with van der Waals surface area (Å²) in [6.45, 7) is 0. The second-order valence-electron chi connectivity index (χ2n) is 8.30. The second kappa shape index (κ2) is 7.85. The highest BCUT2D eigenvalue weighted by molar-refractivity contribution is 6.11.